The van der Waals surface area contributed by atoms with E-state index in [9.17, 15) is 10.1 Å². The van der Waals surface area contributed by atoms with Gasteiger partial charge in [-0.2, -0.15) is 0 Å². The molecule has 0 aliphatic rings. The molecule has 0 heterocycles. The summed E-state index contributed by atoms with van der Waals surface area (Å²) in [5.74, 6) is 0.217. The van der Waals surface area contributed by atoms with Crippen LogP contribution in [0.15, 0.2) is 71.9 Å². The molecule has 178 valence electrons. The monoisotopic (exact) mass is 468 g/mol. The molecule has 2 rings (SSSR count). The Kier molecular flexibility index (Phi) is 10.00. The number of rotatable bonds is 12. The van der Waals surface area contributed by atoms with Crippen molar-refractivity contribution in [2.75, 3.05) is 6.54 Å². The summed E-state index contributed by atoms with van der Waals surface area (Å²) in [5.41, 5.74) is 2.24. The number of nitrogens with zero attached hydrogens (tertiary/aromatic N) is 2. The molecule has 1 unspecified atom stereocenters. The summed E-state index contributed by atoms with van der Waals surface area (Å²) in [6, 6.07) is 19.2. The summed E-state index contributed by atoms with van der Waals surface area (Å²) in [5, 5.41) is 15.7. The van der Waals surface area contributed by atoms with E-state index in [-0.39, 0.29) is 28.0 Å². The molecule has 0 fully saturated rings. The molecule has 0 radical (unpaired) electrons. The van der Waals surface area contributed by atoms with Crippen LogP contribution in [0.5, 0.6) is 0 Å². The number of oxime groups is 1. The highest BCUT2D eigenvalue weighted by molar-refractivity contribution is 6.70. The average Bonchev–Trinajstić information content (AvgIpc) is 2.78. The lowest BCUT2D eigenvalue weighted by Crippen LogP contribution is -2.50. The second kappa shape index (κ2) is 12.5. The zero-order valence-electron chi connectivity index (χ0n) is 20.5. The predicted octanol–water partition coefficient (Wildman–Crippen LogP) is 6.70. The van der Waals surface area contributed by atoms with Gasteiger partial charge in [-0.15, -0.1) is 0 Å². The summed E-state index contributed by atoms with van der Waals surface area (Å²) in [6.45, 7) is 12.1. The molecule has 0 bridgehead atoms. The highest BCUT2D eigenvalue weighted by Gasteiger charge is 2.50. The minimum absolute atomic E-state index is 0.0836. The van der Waals surface area contributed by atoms with E-state index in [1.807, 2.05) is 48.5 Å². The maximum atomic E-state index is 11.3. The number of hydrogen-bond donors (Lipinski definition) is 0. The van der Waals surface area contributed by atoms with E-state index < -0.39 is 15.1 Å². The van der Waals surface area contributed by atoms with Crippen molar-refractivity contribution in [2.45, 2.75) is 58.7 Å². The summed E-state index contributed by atoms with van der Waals surface area (Å²) in [4.78, 5) is 10.9. The van der Waals surface area contributed by atoms with E-state index >= 15 is 0 Å². The first-order valence-corrected chi connectivity index (χ1v) is 13.5. The maximum Gasteiger partial charge on any atom is 0.432 e. The van der Waals surface area contributed by atoms with Crippen LogP contribution in [0, 0.1) is 16.0 Å². The third-order valence-electron chi connectivity index (χ3n) is 5.55. The van der Waals surface area contributed by atoms with Gasteiger partial charge in [-0.1, -0.05) is 120 Å². The normalized spacial score (nSPS) is 13.8. The van der Waals surface area contributed by atoms with E-state index in [2.05, 4.69) is 58.9 Å². The van der Waals surface area contributed by atoms with Gasteiger partial charge in [-0.05, 0) is 11.5 Å². The first kappa shape index (κ1) is 26.5. The summed E-state index contributed by atoms with van der Waals surface area (Å²) in [6.07, 6.45) is 3.97. The molecule has 1 atom stereocenters. The van der Waals surface area contributed by atoms with E-state index in [1.54, 1.807) is 12.1 Å². The molecule has 2 aromatic rings. The van der Waals surface area contributed by atoms with Crippen LogP contribution in [0.4, 0.5) is 0 Å². The molecule has 0 aliphatic carbocycles. The van der Waals surface area contributed by atoms with Crippen molar-refractivity contribution in [2.24, 2.45) is 11.1 Å². The first-order chi connectivity index (χ1) is 15.7. The molecule has 0 amide bonds. The minimum atomic E-state index is -2.92. The molecule has 0 spiro atoms. The standard InChI is InChI=1S/C26H36N2O4Si/c1-20(2)26(18-17-23-13-9-7-10-14-23)31-33(21(3)4,22(5)6)32-27-25(19-28(29)30)24-15-11-8-12-16-24/h7-18,20-22,26H,19H2,1-6H3/b18-17+,27-25+. The Hall–Kier alpha value is -2.77. The first-order valence-electron chi connectivity index (χ1n) is 11.5. The Morgan fingerprint density at radius 1 is 0.970 bits per heavy atom. The van der Waals surface area contributed by atoms with Gasteiger partial charge in [0.25, 0.3) is 0 Å². The van der Waals surface area contributed by atoms with Crippen molar-refractivity contribution in [3.05, 3.63) is 88.0 Å². The maximum absolute atomic E-state index is 11.3. The Morgan fingerprint density at radius 2 is 1.52 bits per heavy atom. The van der Waals surface area contributed by atoms with Crippen LogP contribution in [-0.2, 0) is 8.95 Å². The van der Waals surface area contributed by atoms with Crippen LogP contribution >= 0.6 is 0 Å². The van der Waals surface area contributed by atoms with E-state index in [0.29, 0.717) is 11.3 Å². The van der Waals surface area contributed by atoms with Gasteiger partial charge >= 0.3 is 8.56 Å². The molecule has 0 aromatic heterocycles. The van der Waals surface area contributed by atoms with Crippen LogP contribution in [0.1, 0.15) is 52.7 Å². The second-order valence-electron chi connectivity index (χ2n) is 9.11. The Balaban J connectivity index is 2.40. The van der Waals surface area contributed by atoms with Gasteiger partial charge in [0, 0.05) is 21.6 Å². The van der Waals surface area contributed by atoms with Gasteiger partial charge in [-0.3, -0.25) is 10.1 Å². The van der Waals surface area contributed by atoms with Crippen molar-refractivity contribution in [3.8, 4) is 0 Å². The highest BCUT2D eigenvalue weighted by atomic mass is 28.4. The largest absolute Gasteiger partial charge is 0.432 e. The SMILES string of the molecule is CC(C)C(/C=C/c1ccccc1)O[Si](O/N=C(\C[N+](=O)[O-])c1ccccc1)(C(C)C)C(C)C. The highest BCUT2D eigenvalue weighted by Crippen LogP contribution is 2.37. The number of hydrogen-bond acceptors (Lipinski definition) is 5. The van der Waals surface area contributed by atoms with Crippen molar-refractivity contribution < 1.29 is 13.9 Å². The molecule has 0 saturated heterocycles. The summed E-state index contributed by atoms with van der Waals surface area (Å²) in [7, 11) is -2.92. The lowest BCUT2D eigenvalue weighted by molar-refractivity contribution is -0.463. The van der Waals surface area contributed by atoms with Crippen LogP contribution in [0.25, 0.3) is 6.08 Å². The molecule has 6 nitrogen and oxygen atoms in total. The van der Waals surface area contributed by atoms with Gasteiger partial charge in [0.2, 0.25) is 6.54 Å². The zero-order chi connectivity index (χ0) is 24.4. The second-order valence-corrected chi connectivity index (χ2v) is 13.3. The van der Waals surface area contributed by atoms with E-state index in [4.69, 9.17) is 8.95 Å². The number of nitro groups is 1. The fourth-order valence-electron chi connectivity index (χ4n) is 3.60. The lowest BCUT2D eigenvalue weighted by atomic mass is 10.1. The summed E-state index contributed by atoms with van der Waals surface area (Å²) >= 11 is 0. The van der Waals surface area contributed by atoms with Crippen LogP contribution < -0.4 is 0 Å². The summed E-state index contributed by atoms with van der Waals surface area (Å²) < 4.78 is 13.1. The molecule has 0 saturated carbocycles. The van der Waals surface area contributed by atoms with Gasteiger partial charge in [0.05, 0.1) is 6.10 Å². The minimum Gasteiger partial charge on any atom is -0.420 e. The van der Waals surface area contributed by atoms with Crippen molar-refractivity contribution in [1.82, 2.24) is 0 Å². The number of benzene rings is 2. The Morgan fingerprint density at radius 3 is 2.00 bits per heavy atom. The van der Waals surface area contributed by atoms with Gasteiger partial charge in [0.1, 0.15) is 0 Å². The molecule has 7 heteroatoms. The Bertz CT molecular complexity index is 920. The molecule has 2 aromatic carbocycles. The van der Waals surface area contributed by atoms with Crippen LogP contribution in [0.3, 0.4) is 0 Å². The molecule has 0 N–H and O–H groups in total. The topological polar surface area (TPSA) is 74.0 Å². The predicted molar refractivity (Wildman–Crippen MR) is 137 cm³/mol. The third-order valence-corrected chi connectivity index (χ3v) is 9.79. The van der Waals surface area contributed by atoms with E-state index in [1.165, 1.54) is 0 Å². The third kappa shape index (κ3) is 7.65. The fourth-order valence-corrected chi connectivity index (χ4v) is 6.97. The smallest absolute Gasteiger partial charge is 0.420 e. The average molecular weight is 469 g/mol. The quantitative estimate of drug-likeness (QED) is 0.150. The Labute approximate surface area is 198 Å². The van der Waals surface area contributed by atoms with Crippen LogP contribution in [-0.4, -0.2) is 31.8 Å². The van der Waals surface area contributed by atoms with Crippen molar-refractivity contribution >= 4 is 20.3 Å². The van der Waals surface area contributed by atoms with Gasteiger partial charge in [0.15, 0.2) is 5.71 Å². The fraction of sp³-hybridized carbons (Fsp3) is 0.423. The molecular formula is C26H36N2O4Si. The van der Waals surface area contributed by atoms with Crippen LogP contribution in [0.2, 0.25) is 11.1 Å². The molecule has 33 heavy (non-hydrogen) atoms. The molecule has 0 aliphatic heterocycles. The van der Waals surface area contributed by atoms with Crippen molar-refractivity contribution in [3.63, 3.8) is 0 Å². The lowest BCUT2D eigenvalue weighted by Gasteiger charge is -2.38. The van der Waals surface area contributed by atoms with Crippen molar-refractivity contribution in [1.29, 1.82) is 0 Å². The molecular weight excluding hydrogens is 432 g/mol. The van der Waals surface area contributed by atoms with Gasteiger partial charge < -0.3 is 8.95 Å². The zero-order valence-corrected chi connectivity index (χ0v) is 21.5. The van der Waals surface area contributed by atoms with Gasteiger partial charge in [-0.25, -0.2) is 0 Å². The van der Waals surface area contributed by atoms with E-state index in [0.717, 1.165) is 5.56 Å².